The number of benzene rings is 2. The summed E-state index contributed by atoms with van der Waals surface area (Å²) in [5.41, 5.74) is 5.00. The van der Waals surface area contributed by atoms with Gasteiger partial charge in [-0.15, -0.1) is 0 Å². The molecule has 2 aromatic carbocycles. The van der Waals surface area contributed by atoms with Crippen molar-refractivity contribution in [3.63, 3.8) is 0 Å². The number of halogens is 1. The standard InChI is InChI=1S/C16H16BrN3O/c1-2-10-5-3-4-6-11(10)9-18-13-8-15-14(7-12(13)17)19-16(21)20-15/h3-8,18H,2,9H2,1H3,(H2,19,20,21). The molecule has 1 aromatic heterocycles. The van der Waals surface area contributed by atoms with Crippen LogP contribution in [0.15, 0.2) is 45.7 Å². The molecule has 0 atom stereocenters. The molecule has 0 bridgehead atoms. The average Bonchev–Trinajstić information content (AvgIpc) is 2.84. The first-order chi connectivity index (χ1) is 10.2. The van der Waals surface area contributed by atoms with Gasteiger partial charge < -0.3 is 15.3 Å². The molecule has 4 nitrogen and oxygen atoms in total. The largest absolute Gasteiger partial charge is 0.380 e. The molecule has 5 heteroatoms. The van der Waals surface area contributed by atoms with Crippen molar-refractivity contribution in [1.29, 1.82) is 0 Å². The maximum absolute atomic E-state index is 11.3. The lowest BCUT2D eigenvalue weighted by atomic mass is 10.1. The molecule has 0 aliphatic heterocycles. The van der Waals surface area contributed by atoms with E-state index in [0.29, 0.717) is 0 Å². The number of aryl methyl sites for hydroxylation is 1. The number of H-pyrrole nitrogens is 2. The number of nitrogens with one attached hydrogen (secondary N) is 3. The molecule has 21 heavy (non-hydrogen) atoms. The maximum atomic E-state index is 11.3. The van der Waals surface area contributed by atoms with E-state index in [1.54, 1.807) is 0 Å². The Balaban J connectivity index is 1.87. The van der Waals surface area contributed by atoms with Crippen molar-refractivity contribution < 1.29 is 0 Å². The fourth-order valence-electron chi connectivity index (χ4n) is 2.46. The van der Waals surface area contributed by atoms with Crippen LogP contribution < -0.4 is 11.0 Å². The summed E-state index contributed by atoms with van der Waals surface area (Å²) in [7, 11) is 0. The highest BCUT2D eigenvalue weighted by atomic mass is 79.9. The van der Waals surface area contributed by atoms with Crippen LogP contribution >= 0.6 is 15.9 Å². The van der Waals surface area contributed by atoms with Crippen LogP contribution in [0.4, 0.5) is 5.69 Å². The summed E-state index contributed by atoms with van der Waals surface area (Å²) in [6.45, 7) is 2.91. The number of rotatable bonds is 4. The molecule has 0 aliphatic rings. The van der Waals surface area contributed by atoms with Crippen LogP contribution in [0.3, 0.4) is 0 Å². The molecule has 0 radical (unpaired) electrons. The summed E-state index contributed by atoms with van der Waals surface area (Å²) in [6, 6.07) is 12.2. The van der Waals surface area contributed by atoms with Crippen LogP contribution in [-0.2, 0) is 13.0 Å². The highest BCUT2D eigenvalue weighted by molar-refractivity contribution is 9.10. The van der Waals surface area contributed by atoms with E-state index < -0.39 is 0 Å². The molecule has 0 unspecified atom stereocenters. The Morgan fingerprint density at radius 2 is 1.76 bits per heavy atom. The van der Waals surface area contributed by atoms with Gasteiger partial charge >= 0.3 is 5.69 Å². The summed E-state index contributed by atoms with van der Waals surface area (Å²) < 4.78 is 0.930. The van der Waals surface area contributed by atoms with Crippen molar-refractivity contribution in [2.24, 2.45) is 0 Å². The summed E-state index contributed by atoms with van der Waals surface area (Å²) in [6.07, 6.45) is 1.02. The van der Waals surface area contributed by atoms with E-state index >= 15 is 0 Å². The SMILES string of the molecule is CCc1ccccc1CNc1cc2[nH]c(=O)[nH]c2cc1Br. The van der Waals surface area contributed by atoms with Gasteiger partial charge in [0.15, 0.2) is 0 Å². The Bertz CT molecular complexity index is 835. The first kappa shape index (κ1) is 13.9. The summed E-state index contributed by atoms with van der Waals surface area (Å²) in [4.78, 5) is 16.9. The van der Waals surface area contributed by atoms with E-state index in [4.69, 9.17) is 0 Å². The van der Waals surface area contributed by atoms with Gasteiger partial charge in [0, 0.05) is 11.0 Å². The van der Waals surface area contributed by atoms with E-state index in [1.165, 1.54) is 11.1 Å². The molecule has 0 saturated carbocycles. The van der Waals surface area contributed by atoms with Gasteiger partial charge in [-0.25, -0.2) is 4.79 Å². The minimum Gasteiger partial charge on any atom is -0.380 e. The van der Waals surface area contributed by atoms with E-state index in [-0.39, 0.29) is 5.69 Å². The van der Waals surface area contributed by atoms with Gasteiger partial charge in [0.05, 0.1) is 16.7 Å². The van der Waals surface area contributed by atoms with Crippen LogP contribution in [0.1, 0.15) is 18.1 Å². The summed E-state index contributed by atoms with van der Waals surface area (Å²) in [5.74, 6) is 0. The van der Waals surface area contributed by atoms with E-state index in [0.717, 1.165) is 34.2 Å². The number of imidazole rings is 1. The summed E-state index contributed by atoms with van der Waals surface area (Å²) in [5, 5.41) is 3.42. The highest BCUT2D eigenvalue weighted by Gasteiger charge is 2.06. The average molecular weight is 346 g/mol. The lowest BCUT2D eigenvalue weighted by Gasteiger charge is -2.11. The topological polar surface area (TPSA) is 60.7 Å². The molecule has 3 aromatic rings. The van der Waals surface area contributed by atoms with E-state index in [9.17, 15) is 4.79 Å². The van der Waals surface area contributed by atoms with E-state index in [1.807, 2.05) is 12.1 Å². The predicted molar refractivity (Wildman–Crippen MR) is 89.8 cm³/mol. The van der Waals surface area contributed by atoms with Crippen molar-refractivity contribution in [1.82, 2.24) is 9.97 Å². The van der Waals surface area contributed by atoms with Gasteiger partial charge in [0.2, 0.25) is 0 Å². The molecule has 3 rings (SSSR count). The zero-order chi connectivity index (χ0) is 14.8. The number of hydrogen-bond acceptors (Lipinski definition) is 2. The Kier molecular flexibility index (Phi) is 3.84. The van der Waals surface area contributed by atoms with Crippen LogP contribution in [0.5, 0.6) is 0 Å². The lowest BCUT2D eigenvalue weighted by molar-refractivity contribution is 1.04. The fourth-order valence-corrected chi connectivity index (χ4v) is 2.94. The van der Waals surface area contributed by atoms with Gasteiger partial charge in [-0.2, -0.15) is 0 Å². The fraction of sp³-hybridized carbons (Fsp3) is 0.188. The third kappa shape index (κ3) is 2.88. The first-order valence-corrected chi connectivity index (χ1v) is 7.69. The van der Waals surface area contributed by atoms with Gasteiger partial charge in [-0.1, -0.05) is 31.2 Å². The van der Waals surface area contributed by atoms with Crippen LogP contribution in [0.25, 0.3) is 11.0 Å². The Morgan fingerprint density at radius 1 is 1.10 bits per heavy atom. The Morgan fingerprint density at radius 3 is 2.48 bits per heavy atom. The molecule has 0 fully saturated rings. The number of fused-ring (bicyclic) bond motifs is 1. The van der Waals surface area contributed by atoms with Crippen molar-refractivity contribution in [2.45, 2.75) is 19.9 Å². The Labute approximate surface area is 130 Å². The van der Waals surface area contributed by atoms with Crippen molar-refractivity contribution >= 4 is 32.7 Å². The molecule has 0 aliphatic carbocycles. The smallest absolute Gasteiger partial charge is 0.323 e. The van der Waals surface area contributed by atoms with Gasteiger partial charge in [0.1, 0.15) is 0 Å². The summed E-state index contributed by atoms with van der Waals surface area (Å²) >= 11 is 3.54. The predicted octanol–water partition coefficient (Wildman–Crippen LogP) is 3.79. The molecular formula is C16H16BrN3O. The zero-order valence-electron chi connectivity index (χ0n) is 11.7. The minimum atomic E-state index is -0.189. The minimum absolute atomic E-state index is 0.189. The molecule has 0 saturated heterocycles. The molecule has 3 N–H and O–H groups in total. The maximum Gasteiger partial charge on any atom is 0.323 e. The highest BCUT2D eigenvalue weighted by Crippen LogP contribution is 2.27. The number of aromatic amines is 2. The molecule has 108 valence electrons. The van der Waals surface area contributed by atoms with Crippen molar-refractivity contribution in [2.75, 3.05) is 5.32 Å². The lowest BCUT2D eigenvalue weighted by Crippen LogP contribution is -2.03. The van der Waals surface area contributed by atoms with Gasteiger partial charge in [-0.05, 0) is 45.6 Å². The quantitative estimate of drug-likeness (QED) is 0.673. The van der Waals surface area contributed by atoms with Gasteiger partial charge in [-0.3, -0.25) is 0 Å². The number of aromatic nitrogens is 2. The normalized spacial score (nSPS) is 11.0. The molecule has 1 heterocycles. The number of hydrogen-bond donors (Lipinski definition) is 3. The van der Waals surface area contributed by atoms with Crippen molar-refractivity contribution in [3.05, 3.63) is 62.5 Å². The van der Waals surface area contributed by atoms with Crippen molar-refractivity contribution in [3.8, 4) is 0 Å². The van der Waals surface area contributed by atoms with E-state index in [2.05, 4.69) is 62.4 Å². The van der Waals surface area contributed by atoms with Crippen LogP contribution in [-0.4, -0.2) is 9.97 Å². The van der Waals surface area contributed by atoms with Gasteiger partial charge in [0.25, 0.3) is 0 Å². The third-order valence-electron chi connectivity index (χ3n) is 3.57. The second-order valence-electron chi connectivity index (χ2n) is 4.93. The third-order valence-corrected chi connectivity index (χ3v) is 4.23. The molecule has 0 spiro atoms. The molecule has 0 amide bonds. The van der Waals surface area contributed by atoms with Crippen LogP contribution in [0, 0.1) is 0 Å². The second kappa shape index (κ2) is 5.77. The zero-order valence-corrected chi connectivity index (χ0v) is 13.3. The van der Waals surface area contributed by atoms with Crippen LogP contribution in [0.2, 0.25) is 0 Å². The number of anilines is 1. The Hall–Kier alpha value is -2.01. The molecular weight excluding hydrogens is 330 g/mol. The monoisotopic (exact) mass is 345 g/mol. The second-order valence-corrected chi connectivity index (χ2v) is 5.79. The first-order valence-electron chi connectivity index (χ1n) is 6.89.